The molecule has 3 heteroatoms. The average Bonchev–Trinajstić information content (AvgIpc) is 2.36. The molecule has 0 bridgehead atoms. The molecule has 0 saturated carbocycles. The number of unbranched alkanes of at least 4 members (excludes halogenated alkanes) is 2. The number of hydrogen-bond donors (Lipinski definition) is 2. The molecule has 0 fully saturated rings. The van der Waals surface area contributed by atoms with Crippen LogP contribution in [-0.2, 0) is 4.79 Å². The van der Waals surface area contributed by atoms with Crippen molar-refractivity contribution in [1.29, 1.82) is 0 Å². The third-order valence-electron chi connectivity index (χ3n) is 3.68. The molecule has 2 N–H and O–H groups in total. The third-order valence-corrected chi connectivity index (χ3v) is 3.68. The zero-order valence-corrected chi connectivity index (χ0v) is 14.9. The smallest absolute Gasteiger partial charge is 0.312 e. The van der Waals surface area contributed by atoms with Gasteiger partial charge in [0.1, 0.15) is 0 Å². The summed E-state index contributed by atoms with van der Waals surface area (Å²) in [6.45, 7) is 10.1. The number of carboxylic acid groups (broad SMARTS) is 1. The SMILES string of the molecule is CC(C)(C)CCCCCC(O)CC=CC=CC(C)(C)C(=O)O. The number of carbonyl (C=O) groups is 1. The number of aliphatic hydroxyl groups excluding tert-OH is 1. The van der Waals surface area contributed by atoms with Gasteiger partial charge in [0.15, 0.2) is 0 Å². The van der Waals surface area contributed by atoms with Gasteiger partial charge in [-0.2, -0.15) is 0 Å². The first-order chi connectivity index (χ1) is 10.0. The predicted octanol–water partition coefficient (Wildman–Crippen LogP) is 4.96. The molecule has 1 unspecified atom stereocenters. The molecule has 0 rings (SSSR count). The van der Waals surface area contributed by atoms with Crippen LogP contribution >= 0.6 is 0 Å². The molecular formula is C19H34O3. The Kier molecular flexibility index (Phi) is 9.34. The Bertz CT molecular complexity index is 373. The number of carboxylic acids is 1. The summed E-state index contributed by atoms with van der Waals surface area (Å²) in [6, 6.07) is 0. The number of allylic oxidation sites excluding steroid dienone is 2. The van der Waals surface area contributed by atoms with Crippen LogP contribution in [0.4, 0.5) is 0 Å². The molecule has 0 aromatic rings. The Morgan fingerprint density at radius 3 is 2.23 bits per heavy atom. The van der Waals surface area contributed by atoms with E-state index in [4.69, 9.17) is 5.11 Å². The first kappa shape index (κ1) is 20.9. The lowest BCUT2D eigenvalue weighted by atomic mass is 9.89. The fraction of sp³-hybridized carbons (Fsp3) is 0.737. The fourth-order valence-electron chi connectivity index (χ4n) is 2.01. The molecule has 0 radical (unpaired) electrons. The molecule has 128 valence electrons. The Morgan fingerprint density at radius 1 is 1.05 bits per heavy atom. The molecule has 0 heterocycles. The molecule has 1 atom stereocenters. The quantitative estimate of drug-likeness (QED) is 0.443. The van der Waals surface area contributed by atoms with Crippen molar-refractivity contribution >= 4 is 5.97 Å². The molecule has 0 aliphatic carbocycles. The van der Waals surface area contributed by atoms with Gasteiger partial charge in [-0.3, -0.25) is 4.79 Å². The lowest BCUT2D eigenvalue weighted by Gasteiger charge is -2.17. The summed E-state index contributed by atoms with van der Waals surface area (Å²) in [7, 11) is 0. The minimum atomic E-state index is -0.851. The van der Waals surface area contributed by atoms with Crippen LogP contribution in [0.3, 0.4) is 0 Å². The lowest BCUT2D eigenvalue weighted by Crippen LogP contribution is -2.20. The van der Waals surface area contributed by atoms with E-state index in [1.807, 2.05) is 12.2 Å². The minimum absolute atomic E-state index is 0.299. The molecule has 0 aromatic heterocycles. The van der Waals surface area contributed by atoms with Gasteiger partial charge >= 0.3 is 5.97 Å². The Hall–Kier alpha value is -1.09. The van der Waals surface area contributed by atoms with E-state index in [2.05, 4.69) is 20.8 Å². The summed E-state index contributed by atoms with van der Waals surface area (Å²) in [5.74, 6) is -0.840. The predicted molar refractivity (Wildman–Crippen MR) is 92.9 cm³/mol. The van der Waals surface area contributed by atoms with Gasteiger partial charge in [0.2, 0.25) is 0 Å². The number of aliphatic carboxylic acids is 1. The second-order valence-electron chi connectivity index (χ2n) is 7.86. The first-order valence-electron chi connectivity index (χ1n) is 8.30. The first-order valence-corrected chi connectivity index (χ1v) is 8.30. The molecule has 0 aromatic carbocycles. The van der Waals surface area contributed by atoms with Crippen molar-refractivity contribution in [2.75, 3.05) is 0 Å². The van der Waals surface area contributed by atoms with Crippen molar-refractivity contribution in [1.82, 2.24) is 0 Å². The minimum Gasteiger partial charge on any atom is -0.481 e. The maximum atomic E-state index is 10.9. The number of aliphatic hydroxyl groups is 1. The second kappa shape index (κ2) is 9.83. The molecule has 0 spiro atoms. The van der Waals surface area contributed by atoms with E-state index in [-0.39, 0.29) is 6.10 Å². The van der Waals surface area contributed by atoms with Crippen LogP contribution < -0.4 is 0 Å². The van der Waals surface area contributed by atoms with Gasteiger partial charge in [0.25, 0.3) is 0 Å². The van der Waals surface area contributed by atoms with Gasteiger partial charge in [-0.25, -0.2) is 0 Å². The molecular weight excluding hydrogens is 276 g/mol. The van der Waals surface area contributed by atoms with Gasteiger partial charge in [-0.1, -0.05) is 64.3 Å². The zero-order chi connectivity index (χ0) is 17.2. The highest BCUT2D eigenvalue weighted by atomic mass is 16.4. The molecule has 0 aliphatic heterocycles. The van der Waals surface area contributed by atoms with E-state index in [0.29, 0.717) is 11.8 Å². The highest BCUT2D eigenvalue weighted by molar-refractivity contribution is 5.75. The van der Waals surface area contributed by atoms with Crippen molar-refractivity contribution in [3.63, 3.8) is 0 Å². The van der Waals surface area contributed by atoms with Crippen LogP contribution in [0.15, 0.2) is 24.3 Å². The monoisotopic (exact) mass is 310 g/mol. The maximum absolute atomic E-state index is 10.9. The van der Waals surface area contributed by atoms with Gasteiger partial charge in [-0.05, 0) is 38.5 Å². The Labute approximate surface area is 136 Å². The molecule has 0 saturated heterocycles. The molecule has 3 nitrogen and oxygen atoms in total. The van der Waals surface area contributed by atoms with E-state index in [0.717, 1.165) is 12.8 Å². The average molecular weight is 310 g/mol. The fourth-order valence-corrected chi connectivity index (χ4v) is 2.01. The zero-order valence-electron chi connectivity index (χ0n) is 14.9. The number of rotatable bonds is 10. The van der Waals surface area contributed by atoms with E-state index >= 15 is 0 Å². The topological polar surface area (TPSA) is 57.5 Å². The third kappa shape index (κ3) is 11.6. The van der Waals surface area contributed by atoms with Gasteiger partial charge in [-0.15, -0.1) is 0 Å². The molecule has 0 amide bonds. The van der Waals surface area contributed by atoms with Gasteiger partial charge < -0.3 is 10.2 Å². The van der Waals surface area contributed by atoms with E-state index in [1.165, 1.54) is 19.3 Å². The van der Waals surface area contributed by atoms with E-state index in [1.54, 1.807) is 26.0 Å². The number of hydrogen-bond acceptors (Lipinski definition) is 2. The van der Waals surface area contributed by atoms with Crippen molar-refractivity contribution in [3.05, 3.63) is 24.3 Å². The van der Waals surface area contributed by atoms with Crippen molar-refractivity contribution in [2.45, 2.75) is 79.2 Å². The Morgan fingerprint density at radius 2 is 1.68 bits per heavy atom. The van der Waals surface area contributed by atoms with Crippen LogP contribution in [0.2, 0.25) is 0 Å². The summed E-state index contributed by atoms with van der Waals surface area (Å²) in [6.07, 6.45) is 12.9. The summed E-state index contributed by atoms with van der Waals surface area (Å²) in [4.78, 5) is 10.9. The van der Waals surface area contributed by atoms with Crippen molar-refractivity contribution in [3.8, 4) is 0 Å². The second-order valence-corrected chi connectivity index (χ2v) is 7.86. The van der Waals surface area contributed by atoms with Crippen LogP contribution in [0.5, 0.6) is 0 Å². The Balaban J connectivity index is 3.81. The van der Waals surface area contributed by atoms with Gasteiger partial charge in [0, 0.05) is 0 Å². The van der Waals surface area contributed by atoms with Crippen molar-refractivity contribution in [2.24, 2.45) is 10.8 Å². The normalized spacial score (nSPS) is 14.8. The van der Waals surface area contributed by atoms with E-state index < -0.39 is 11.4 Å². The highest BCUT2D eigenvalue weighted by Gasteiger charge is 2.22. The van der Waals surface area contributed by atoms with Gasteiger partial charge in [0.05, 0.1) is 11.5 Å². The summed E-state index contributed by atoms with van der Waals surface area (Å²) in [5, 5.41) is 18.8. The van der Waals surface area contributed by atoms with Crippen LogP contribution in [0.25, 0.3) is 0 Å². The van der Waals surface area contributed by atoms with Crippen LogP contribution in [0.1, 0.15) is 73.1 Å². The highest BCUT2D eigenvalue weighted by Crippen LogP contribution is 2.22. The summed E-state index contributed by atoms with van der Waals surface area (Å²) < 4.78 is 0. The van der Waals surface area contributed by atoms with Crippen LogP contribution in [0, 0.1) is 10.8 Å². The summed E-state index contributed by atoms with van der Waals surface area (Å²) >= 11 is 0. The molecule has 22 heavy (non-hydrogen) atoms. The largest absolute Gasteiger partial charge is 0.481 e. The summed E-state index contributed by atoms with van der Waals surface area (Å²) in [5.41, 5.74) is -0.451. The maximum Gasteiger partial charge on any atom is 0.312 e. The van der Waals surface area contributed by atoms with Crippen LogP contribution in [-0.4, -0.2) is 22.3 Å². The standard InChI is InChI=1S/C19H34O3/c1-18(2,3)14-10-6-8-12-16(20)13-9-7-11-15-19(4,5)17(21)22/h7,9,11,15-16,20H,6,8,10,12-14H2,1-5H3,(H,21,22). The lowest BCUT2D eigenvalue weighted by molar-refractivity contribution is -0.144. The van der Waals surface area contributed by atoms with Crippen molar-refractivity contribution < 1.29 is 15.0 Å². The molecule has 0 aliphatic rings. The van der Waals surface area contributed by atoms with E-state index in [9.17, 15) is 9.90 Å².